The van der Waals surface area contributed by atoms with Crippen molar-refractivity contribution in [3.63, 3.8) is 0 Å². The fourth-order valence-corrected chi connectivity index (χ4v) is 1.84. The highest BCUT2D eigenvalue weighted by molar-refractivity contribution is 5.27. The summed E-state index contributed by atoms with van der Waals surface area (Å²) in [4.78, 5) is 4.05. The zero-order valence-corrected chi connectivity index (χ0v) is 7.93. The molecule has 2 nitrogen and oxygen atoms in total. The highest BCUT2D eigenvalue weighted by Crippen LogP contribution is 2.49. The summed E-state index contributed by atoms with van der Waals surface area (Å²) in [6.45, 7) is 1.85. The summed E-state index contributed by atoms with van der Waals surface area (Å²) in [5, 5.41) is 0. The molecule has 1 saturated carbocycles. The highest BCUT2D eigenvalue weighted by Gasteiger charge is 2.55. The number of halogens is 2. The molecule has 0 radical (unpaired) electrons. The van der Waals surface area contributed by atoms with Gasteiger partial charge in [-0.1, -0.05) is 6.07 Å². The van der Waals surface area contributed by atoms with Crippen molar-refractivity contribution in [1.82, 2.24) is 4.98 Å². The normalized spacial score (nSPS) is 22.9. The maximum Gasteiger partial charge on any atom is 0.252 e. The Morgan fingerprint density at radius 3 is 2.43 bits per heavy atom. The molecule has 1 aliphatic rings. The van der Waals surface area contributed by atoms with E-state index in [2.05, 4.69) is 4.98 Å². The average Bonchev–Trinajstić information content (AvgIpc) is 2.01. The monoisotopic (exact) mass is 198 g/mol. The second-order valence-corrected chi connectivity index (χ2v) is 4.05. The lowest BCUT2D eigenvalue weighted by Crippen LogP contribution is -2.55. The summed E-state index contributed by atoms with van der Waals surface area (Å²) in [7, 11) is 0. The van der Waals surface area contributed by atoms with E-state index >= 15 is 0 Å². The van der Waals surface area contributed by atoms with Crippen LogP contribution in [-0.4, -0.2) is 10.9 Å². The van der Waals surface area contributed by atoms with Gasteiger partial charge < -0.3 is 5.73 Å². The van der Waals surface area contributed by atoms with Gasteiger partial charge in [-0.25, -0.2) is 8.78 Å². The van der Waals surface area contributed by atoms with Crippen molar-refractivity contribution in [2.45, 2.75) is 31.2 Å². The van der Waals surface area contributed by atoms with E-state index in [0.717, 1.165) is 5.69 Å². The molecule has 1 aromatic rings. The van der Waals surface area contributed by atoms with Crippen LogP contribution in [0.25, 0.3) is 0 Å². The van der Waals surface area contributed by atoms with Gasteiger partial charge in [-0.2, -0.15) is 0 Å². The largest absolute Gasteiger partial charge is 0.321 e. The third-order valence-corrected chi connectivity index (χ3v) is 2.63. The van der Waals surface area contributed by atoms with E-state index in [1.54, 1.807) is 18.3 Å². The van der Waals surface area contributed by atoms with Crippen LogP contribution in [0.15, 0.2) is 18.3 Å². The van der Waals surface area contributed by atoms with Gasteiger partial charge in [-0.3, -0.25) is 4.98 Å². The minimum absolute atomic E-state index is 0.273. The zero-order valence-electron chi connectivity index (χ0n) is 7.93. The fourth-order valence-electron chi connectivity index (χ4n) is 1.84. The first-order valence-corrected chi connectivity index (χ1v) is 4.51. The van der Waals surface area contributed by atoms with Gasteiger partial charge in [0.2, 0.25) is 0 Å². The van der Waals surface area contributed by atoms with E-state index < -0.39 is 11.5 Å². The molecule has 4 heteroatoms. The summed E-state index contributed by atoms with van der Waals surface area (Å²) in [5.41, 5.74) is 6.53. The smallest absolute Gasteiger partial charge is 0.252 e. The minimum atomic E-state index is -2.60. The molecule has 0 spiro atoms. The summed E-state index contributed by atoms with van der Waals surface area (Å²) in [5.74, 6) is -2.60. The number of pyridine rings is 1. The van der Waals surface area contributed by atoms with E-state index in [4.69, 9.17) is 5.73 Å². The van der Waals surface area contributed by atoms with Crippen molar-refractivity contribution in [3.8, 4) is 0 Å². The van der Waals surface area contributed by atoms with Crippen LogP contribution in [-0.2, 0) is 5.54 Å². The van der Waals surface area contributed by atoms with Gasteiger partial charge in [0.25, 0.3) is 5.92 Å². The molecule has 2 N–H and O–H groups in total. The van der Waals surface area contributed by atoms with E-state index in [9.17, 15) is 8.78 Å². The van der Waals surface area contributed by atoms with Crippen LogP contribution in [0.3, 0.4) is 0 Å². The predicted molar refractivity (Wildman–Crippen MR) is 49.0 cm³/mol. The SMILES string of the molecule is Cc1ccc(C2(N)CC(F)(F)C2)cn1. The van der Waals surface area contributed by atoms with Crippen molar-refractivity contribution < 1.29 is 8.78 Å². The molecule has 76 valence electrons. The number of alkyl halides is 2. The van der Waals surface area contributed by atoms with Gasteiger partial charge >= 0.3 is 0 Å². The van der Waals surface area contributed by atoms with Gasteiger partial charge in [0.15, 0.2) is 0 Å². The first-order chi connectivity index (χ1) is 6.41. The van der Waals surface area contributed by atoms with Crippen LogP contribution in [0, 0.1) is 6.92 Å². The number of rotatable bonds is 1. The number of hydrogen-bond donors (Lipinski definition) is 1. The van der Waals surface area contributed by atoms with Crippen LogP contribution in [0.5, 0.6) is 0 Å². The van der Waals surface area contributed by atoms with Crippen LogP contribution in [0.2, 0.25) is 0 Å². The summed E-state index contributed by atoms with van der Waals surface area (Å²) >= 11 is 0. The molecule has 0 aliphatic heterocycles. The standard InChI is InChI=1S/C10H12F2N2/c1-7-2-3-8(4-14-7)9(13)5-10(11,12)6-9/h2-4H,5-6,13H2,1H3. The van der Waals surface area contributed by atoms with Gasteiger partial charge in [0, 0.05) is 24.7 Å². The molecule has 14 heavy (non-hydrogen) atoms. The van der Waals surface area contributed by atoms with E-state index in [-0.39, 0.29) is 12.8 Å². The Hall–Kier alpha value is -1.03. The molecule has 0 saturated heterocycles. The number of aryl methyl sites for hydroxylation is 1. The molecule has 2 rings (SSSR count). The van der Waals surface area contributed by atoms with Crippen LogP contribution < -0.4 is 5.73 Å². The predicted octanol–water partition coefficient (Wildman–Crippen LogP) is 1.97. The fraction of sp³-hybridized carbons (Fsp3) is 0.500. The first kappa shape index (κ1) is 9.52. The molecule has 0 aromatic carbocycles. The van der Waals surface area contributed by atoms with Gasteiger partial charge in [0.05, 0.1) is 5.54 Å². The quantitative estimate of drug-likeness (QED) is 0.749. The molecule has 0 atom stereocenters. The Kier molecular flexibility index (Phi) is 1.86. The van der Waals surface area contributed by atoms with Crippen molar-refractivity contribution in [3.05, 3.63) is 29.6 Å². The number of nitrogens with zero attached hydrogens (tertiary/aromatic N) is 1. The number of nitrogens with two attached hydrogens (primary N) is 1. The second-order valence-electron chi connectivity index (χ2n) is 4.05. The first-order valence-electron chi connectivity index (χ1n) is 4.51. The zero-order chi connectivity index (χ0) is 10.4. The summed E-state index contributed by atoms with van der Waals surface area (Å²) in [6.07, 6.45) is 1.04. The lowest BCUT2D eigenvalue weighted by Gasteiger charge is -2.44. The van der Waals surface area contributed by atoms with Crippen LogP contribution in [0.4, 0.5) is 8.78 Å². The third kappa shape index (κ3) is 1.50. The molecular formula is C10H12F2N2. The lowest BCUT2D eigenvalue weighted by molar-refractivity contribution is -0.125. The summed E-state index contributed by atoms with van der Waals surface area (Å²) < 4.78 is 25.4. The molecular weight excluding hydrogens is 186 g/mol. The molecule has 1 fully saturated rings. The van der Waals surface area contributed by atoms with Crippen molar-refractivity contribution in [1.29, 1.82) is 0 Å². The number of aromatic nitrogens is 1. The highest BCUT2D eigenvalue weighted by atomic mass is 19.3. The Labute approximate surface area is 81.1 Å². The maximum atomic E-state index is 12.7. The van der Waals surface area contributed by atoms with Crippen molar-refractivity contribution in [2.24, 2.45) is 5.73 Å². The number of hydrogen-bond acceptors (Lipinski definition) is 2. The van der Waals surface area contributed by atoms with E-state index in [1.165, 1.54) is 0 Å². The second kappa shape index (κ2) is 2.73. The van der Waals surface area contributed by atoms with Gasteiger partial charge in [0.1, 0.15) is 0 Å². The molecule has 1 aromatic heterocycles. The lowest BCUT2D eigenvalue weighted by atomic mass is 9.70. The summed E-state index contributed by atoms with van der Waals surface area (Å²) in [6, 6.07) is 3.57. The van der Waals surface area contributed by atoms with E-state index in [0.29, 0.717) is 5.56 Å². The average molecular weight is 198 g/mol. The van der Waals surface area contributed by atoms with Crippen LogP contribution in [0.1, 0.15) is 24.1 Å². The molecule has 0 unspecified atom stereocenters. The van der Waals surface area contributed by atoms with Crippen LogP contribution >= 0.6 is 0 Å². The van der Waals surface area contributed by atoms with Gasteiger partial charge in [-0.15, -0.1) is 0 Å². The topological polar surface area (TPSA) is 38.9 Å². The van der Waals surface area contributed by atoms with E-state index in [1.807, 2.05) is 6.92 Å². The Morgan fingerprint density at radius 2 is 2.00 bits per heavy atom. The van der Waals surface area contributed by atoms with Gasteiger partial charge in [-0.05, 0) is 18.6 Å². The van der Waals surface area contributed by atoms with Crippen molar-refractivity contribution in [2.75, 3.05) is 0 Å². The molecule has 0 amide bonds. The minimum Gasteiger partial charge on any atom is -0.321 e. The molecule has 1 aliphatic carbocycles. The Bertz CT molecular complexity index is 338. The van der Waals surface area contributed by atoms with Crippen molar-refractivity contribution >= 4 is 0 Å². The molecule has 1 heterocycles. The Balaban J connectivity index is 2.21. The molecule has 0 bridgehead atoms. The maximum absolute atomic E-state index is 12.7. The Morgan fingerprint density at radius 1 is 1.36 bits per heavy atom. The third-order valence-electron chi connectivity index (χ3n) is 2.63.